The number of nitrogens with two attached hydrogens (primary N) is 1. The number of carbonyl (C=O) groups is 2. The Hall–Kier alpha value is -2.08. The van der Waals surface area contributed by atoms with E-state index in [0.29, 0.717) is 0 Å². The molecule has 0 aromatic heterocycles. The van der Waals surface area contributed by atoms with Crippen LogP contribution in [0.3, 0.4) is 0 Å². The highest BCUT2D eigenvalue weighted by atomic mass is 16.6. The largest absolute Gasteiger partial charge is 0.479 e. The number of rotatable bonds is 4. The van der Waals surface area contributed by atoms with Gasteiger partial charge >= 0.3 is 12.1 Å². The van der Waals surface area contributed by atoms with E-state index in [4.69, 9.17) is 15.6 Å². The SMILES string of the molecule is CN(C(=O)OCc1ccccc1)[C@@H](N)C(=O)O. The van der Waals surface area contributed by atoms with E-state index < -0.39 is 18.2 Å². The number of carboxylic acids is 1. The molecule has 1 atom stereocenters. The average molecular weight is 238 g/mol. The van der Waals surface area contributed by atoms with Crippen LogP contribution in [0.25, 0.3) is 0 Å². The van der Waals surface area contributed by atoms with Gasteiger partial charge in [-0.25, -0.2) is 9.59 Å². The second-order valence-electron chi connectivity index (χ2n) is 3.43. The van der Waals surface area contributed by atoms with E-state index in [2.05, 4.69) is 0 Å². The number of carbonyl (C=O) groups excluding carboxylic acids is 1. The maximum absolute atomic E-state index is 11.4. The Kier molecular flexibility index (Phi) is 4.47. The van der Waals surface area contributed by atoms with Gasteiger partial charge in [0.2, 0.25) is 0 Å². The standard InChI is InChI=1S/C11H14N2O4/c1-13(9(12)10(14)15)11(16)17-7-8-5-3-2-4-6-8/h2-6,9H,7,12H2,1H3,(H,14,15)/t9-/m1/s1. The lowest BCUT2D eigenvalue weighted by Gasteiger charge is -2.20. The number of ether oxygens (including phenoxy) is 1. The summed E-state index contributed by atoms with van der Waals surface area (Å²) >= 11 is 0. The van der Waals surface area contributed by atoms with Crippen LogP contribution in [0.15, 0.2) is 30.3 Å². The third-order valence-electron chi connectivity index (χ3n) is 2.16. The first kappa shape index (κ1) is 13.0. The first-order valence-electron chi connectivity index (χ1n) is 4.94. The highest BCUT2D eigenvalue weighted by Crippen LogP contribution is 2.03. The fraction of sp³-hybridized carbons (Fsp3) is 0.273. The van der Waals surface area contributed by atoms with Gasteiger partial charge in [-0.2, -0.15) is 0 Å². The van der Waals surface area contributed by atoms with Crippen molar-refractivity contribution in [1.82, 2.24) is 4.90 Å². The lowest BCUT2D eigenvalue weighted by molar-refractivity contribution is -0.142. The fourth-order valence-corrected chi connectivity index (χ4v) is 1.10. The maximum Gasteiger partial charge on any atom is 0.411 e. The first-order valence-corrected chi connectivity index (χ1v) is 4.94. The summed E-state index contributed by atoms with van der Waals surface area (Å²) in [5, 5.41) is 8.61. The molecule has 6 nitrogen and oxygen atoms in total. The number of hydrogen-bond acceptors (Lipinski definition) is 4. The van der Waals surface area contributed by atoms with Crippen molar-refractivity contribution < 1.29 is 19.4 Å². The van der Waals surface area contributed by atoms with Crippen molar-refractivity contribution in [1.29, 1.82) is 0 Å². The maximum atomic E-state index is 11.4. The Balaban J connectivity index is 2.47. The van der Waals surface area contributed by atoms with Gasteiger partial charge in [0.1, 0.15) is 6.61 Å². The summed E-state index contributed by atoms with van der Waals surface area (Å²) in [7, 11) is 1.27. The molecule has 1 aromatic carbocycles. The predicted molar refractivity (Wildman–Crippen MR) is 60.0 cm³/mol. The third kappa shape index (κ3) is 3.76. The molecule has 1 rings (SSSR count). The zero-order chi connectivity index (χ0) is 12.8. The van der Waals surface area contributed by atoms with Gasteiger partial charge in [0.25, 0.3) is 0 Å². The van der Waals surface area contributed by atoms with Crippen molar-refractivity contribution in [3.05, 3.63) is 35.9 Å². The van der Waals surface area contributed by atoms with Crippen LogP contribution >= 0.6 is 0 Å². The van der Waals surface area contributed by atoms with E-state index in [1.165, 1.54) is 7.05 Å². The lowest BCUT2D eigenvalue weighted by atomic mass is 10.2. The van der Waals surface area contributed by atoms with E-state index in [-0.39, 0.29) is 6.61 Å². The first-order chi connectivity index (χ1) is 8.02. The summed E-state index contributed by atoms with van der Waals surface area (Å²) < 4.78 is 4.90. The molecular formula is C11H14N2O4. The summed E-state index contributed by atoms with van der Waals surface area (Å²) in [5.74, 6) is -1.29. The Morgan fingerprint density at radius 2 is 2.00 bits per heavy atom. The third-order valence-corrected chi connectivity index (χ3v) is 2.16. The van der Waals surface area contributed by atoms with Gasteiger partial charge in [0.15, 0.2) is 6.17 Å². The summed E-state index contributed by atoms with van der Waals surface area (Å²) in [6, 6.07) is 9.07. The van der Waals surface area contributed by atoms with Crippen LogP contribution in [-0.2, 0) is 16.1 Å². The van der Waals surface area contributed by atoms with Crippen molar-refractivity contribution in [2.75, 3.05) is 7.05 Å². The normalized spacial score (nSPS) is 11.6. The minimum absolute atomic E-state index is 0.0797. The van der Waals surface area contributed by atoms with Crippen LogP contribution < -0.4 is 5.73 Å². The van der Waals surface area contributed by atoms with Crippen LogP contribution in [0, 0.1) is 0 Å². The van der Waals surface area contributed by atoms with Gasteiger partial charge in [-0.05, 0) is 5.56 Å². The molecule has 6 heteroatoms. The Morgan fingerprint density at radius 3 is 2.53 bits per heavy atom. The Bertz CT molecular complexity index is 394. The van der Waals surface area contributed by atoms with Crippen LogP contribution in [-0.4, -0.2) is 35.3 Å². The molecule has 1 amide bonds. The molecule has 0 unspecified atom stereocenters. The Labute approximate surface area is 98.6 Å². The van der Waals surface area contributed by atoms with Crippen LogP contribution in [0.2, 0.25) is 0 Å². The second kappa shape index (κ2) is 5.86. The van der Waals surface area contributed by atoms with Gasteiger partial charge in [-0.1, -0.05) is 30.3 Å². The molecule has 0 heterocycles. The van der Waals surface area contributed by atoms with Crippen LogP contribution in [0.4, 0.5) is 4.79 Å². The molecule has 0 saturated heterocycles. The summed E-state index contributed by atoms with van der Waals surface area (Å²) in [6.07, 6.45) is -2.18. The second-order valence-corrected chi connectivity index (χ2v) is 3.43. The van der Waals surface area contributed by atoms with E-state index in [9.17, 15) is 9.59 Å². The van der Waals surface area contributed by atoms with Crippen molar-refractivity contribution in [2.45, 2.75) is 12.8 Å². The summed E-state index contributed by atoms with van der Waals surface area (Å²) in [6.45, 7) is 0.0797. The monoisotopic (exact) mass is 238 g/mol. The minimum atomic E-state index is -1.40. The van der Waals surface area contributed by atoms with E-state index >= 15 is 0 Å². The van der Waals surface area contributed by atoms with Crippen molar-refractivity contribution >= 4 is 12.1 Å². The van der Waals surface area contributed by atoms with Gasteiger partial charge in [-0.3, -0.25) is 4.90 Å². The number of benzene rings is 1. The quantitative estimate of drug-likeness (QED) is 0.750. The van der Waals surface area contributed by atoms with Crippen LogP contribution in [0.5, 0.6) is 0 Å². The molecule has 3 N–H and O–H groups in total. The van der Waals surface area contributed by atoms with Gasteiger partial charge in [0.05, 0.1) is 0 Å². The molecule has 92 valence electrons. The van der Waals surface area contributed by atoms with Crippen molar-refractivity contribution in [3.8, 4) is 0 Å². The average Bonchev–Trinajstić information content (AvgIpc) is 2.35. The number of likely N-dealkylation sites (N-methyl/N-ethyl adjacent to an activating group) is 1. The van der Waals surface area contributed by atoms with E-state index in [1.54, 1.807) is 12.1 Å². The van der Waals surface area contributed by atoms with Crippen molar-refractivity contribution in [2.24, 2.45) is 5.73 Å². The molecule has 17 heavy (non-hydrogen) atoms. The molecule has 0 saturated carbocycles. The molecule has 0 aliphatic carbocycles. The number of amides is 1. The molecule has 1 aromatic rings. The highest BCUT2D eigenvalue weighted by Gasteiger charge is 2.23. The fourth-order valence-electron chi connectivity index (χ4n) is 1.10. The van der Waals surface area contributed by atoms with E-state index in [1.807, 2.05) is 18.2 Å². The molecule has 0 aliphatic rings. The molecule has 0 radical (unpaired) electrons. The number of aliphatic carboxylic acids is 1. The molecule has 0 spiro atoms. The zero-order valence-electron chi connectivity index (χ0n) is 9.37. The lowest BCUT2D eigenvalue weighted by Crippen LogP contribution is -2.48. The van der Waals surface area contributed by atoms with Gasteiger partial charge in [0, 0.05) is 7.05 Å². The number of nitrogens with zero attached hydrogens (tertiary/aromatic N) is 1. The predicted octanol–water partition coefficient (Wildman–Crippen LogP) is 0.624. The topological polar surface area (TPSA) is 92.9 Å². The number of hydrogen-bond donors (Lipinski definition) is 2. The Morgan fingerprint density at radius 1 is 1.41 bits per heavy atom. The van der Waals surface area contributed by atoms with Crippen molar-refractivity contribution in [3.63, 3.8) is 0 Å². The highest BCUT2D eigenvalue weighted by molar-refractivity contribution is 5.79. The zero-order valence-corrected chi connectivity index (χ0v) is 9.37. The van der Waals surface area contributed by atoms with E-state index in [0.717, 1.165) is 10.5 Å². The molecular weight excluding hydrogens is 224 g/mol. The molecule has 0 aliphatic heterocycles. The molecule has 0 bridgehead atoms. The van der Waals surface area contributed by atoms with Gasteiger partial charge in [-0.15, -0.1) is 0 Å². The van der Waals surface area contributed by atoms with Crippen LogP contribution in [0.1, 0.15) is 5.56 Å². The number of carboxylic acid groups (broad SMARTS) is 1. The molecule has 0 fully saturated rings. The van der Waals surface area contributed by atoms with Gasteiger partial charge < -0.3 is 15.6 Å². The smallest absolute Gasteiger partial charge is 0.411 e. The minimum Gasteiger partial charge on any atom is -0.479 e. The summed E-state index contributed by atoms with van der Waals surface area (Å²) in [5.41, 5.74) is 6.07. The summed E-state index contributed by atoms with van der Waals surface area (Å²) in [4.78, 5) is 22.8.